The number of cyclic esters (lactones) is 2. The molecule has 14 heavy (non-hydrogen) atoms. The maximum absolute atomic E-state index is 11.1. The van der Waals surface area contributed by atoms with Crippen molar-refractivity contribution in [1.82, 2.24) is 0 Å². The lowest BCUT2D eigenvalue weighted by atomic mass is 9.87. The number of hydrogen-bond donors (Lipinski definition) is 0. The summed E-state index contributed by atoms with van der Waals surface area (Å²) in [6.07, 6.45) is 3.12. The fraction of sp³-hybridized carbons (Fsp3) is 0.818. The first-order valence-corrected chi connectivity index (χ1v) is 5.13. The lowest BCUT2D eigenvalue weighted by Crippen LogP contribution is -2.10. The molecular weight excluding hydrogens is 180 g/mol. The van der Waals surface area contributed by atoms with Crippen molar-refractivity contribution >= 4 is 11.9 Å². The molecule has 0 bridgehead atoms. The van der Waals surface area contributed by atoms with Gasteiger partial charge >= 0.3 is 11.9 Å². The smallest absolute Gasteiger partial charge is 0.317 e. The molecule has 0 aromatic heterocycles. The third-order valence-corrected chi connectivity index (χ3v) is 2.44. The second kappa shape index (κ2) is 4.11. The van der Waals surface area contributed by atoms with Crippen LogP contribution in [0.1, 0.15) is 46.5 Å². The van der Waals surface area contributed by atoms with Crippen LogP contribution in [0.5, 0.6) is 0 Å². The van der Waals surface area contributed by atoms with Gasteiger partial charge in [0.1, 0.15) is 0 Å². The van der Waals surface area contributed by atoms with E-state index >= 15 is 0 Å². The van der Waals surface area contributed by atoms with E-state index < -0.39 is 0 Å². The average molecular weight is 198 g/mol. The normalized spacial score (nSPS) is 22.6. The standard InChI is InChI=1S/C11H18O3/c1-11(2,3)6-4-5-8-7-9(12)14-10(8)13/h8H,4-7H2,1-3H3. The molecule has 0 aromatic carbocycles. The second-order valence-corrected chi connectivity index (χ2v) is 5.15. The Morgan fingerprint density at radius 1 is 1.36 bits per heavy atom. The number of ether oxygens (including phenoxy) is 1. The van der Waals surface area contributed by atoms with Crippen LogP contribution < -0.4 is 0 Å². The maximum Gasteiger partial charge on any atom is 0.317 e. The molecule has 0 radical (unpaired) electrons. The van der Waals surface area contributed by atoms with Gasteiger partial charge in [0.2, 0.25) is 0 Å². The Morgan fingerprint density at radius 3 is 2.43 bits per heavy atom. The molecule has 1 rings (SSSR count). The lowest BCUT2D eigenvalue weighted by Gasteiger charge is -2.17. The number of carbonyl (C=O) groups is 2. The molecule has 1 saturated heterocycles. The summed E-state index contributed by atoms with van der Waals surface area (Å²) < 4.78 is 4.48. The molecule has 0 spiro atoms. The Bertz CT molecular complexity index is 237. The van der Waals surface area contributed by atoms with E-state index in [1.165, 1.54) is 0 Å². The molecule has 1 fully saturated rings. The molecule has 1 unspecified atom stereocenters. The third kappa shape index (κ3) is 3.48. The summed E-state index contributed by atoms with van der Waals surface area (Å²) >= 11 is 0. The summed E-state index contributed by atoms with van der Waals surface area (Å²) in [6.45, 7) is 6.52. The van der Waals surface area contributed by atoms with Crippen molar-refractivity contribution in [3.63, 3.8) is 0 Å². The van der Waals surface area contributed by atoms with Gasteiger partial charge in [0.05, 0.1) is 12.3 Å². The molecule has 0 amide bonds. The number of esters is 2. The zero-order chi connectivity index (χ0) is 10.8. The van der Waals surface area contributed by atoms with Crippen LogP contribution in [-0.4, -0.2) is 11.9 Å². The zero-order valence-corrected chi connectivity index (χ0v) is 9.13. The van der Waals surface area contributed by atoms with Crippen molar-refractivity contribution in [3.8, 4) is 0 Å². The summed E-state index contributed by atoms with van der Waals surface area (Å²) in [5, 5.41) is 0. The van der Waals surface area contributed by atoms with Crippen LogP contribution in [0.3, 0.4) is 0 Å². The number of carbonyl (C=O) groups excluding carboxylic acids is 2. The van der Waals surface area contributed by atoms with Crippen molar-refractivity contribution < 1.29 is 14.3 Å². The predicted molar refractivity (Wildman–Crippen MR) is 52.5 cm³/mol. The fourth-order valence-corrected chi connectivity index (χ4v) is 1.62. The Labute approximate surface area is 84.8 Å². The van der Waals surface area contributed by atoms with Gasteiger partial charge in [0, 0.05) is 0 Å². The van der Waals surface area contributed by atoms with E-state index in [2.05, 4.69) is 25.5 Å². The Kier molecular flexibility index (Phi) is 3.29. The first-order chi connectivity index (χ1) is 6.38. The molecule has 1 heterocycles. The average Bonchev–Trinajstić information content (AvgIpc) is 2.27. The van der Waals surface area contributed by atoms with Crippen LogP contribution in [0.15, 0.2) is 0 Å². The molecule has 1 aliphatic heterocycles. The van der Waals surface area contributed by atoms with Crippen LogP contribution in [0, 0.1) is 11.3 Å². The molecule has 0 N–H and O–H groups in total. The van der Waals surface area contributed by atoms with Crippen molar-refractivity contribution in [3.05, 3.63) is 0 Å². The molecule has 3 heteroatoms. The molecular formula is C11H18O3. The van der Waals surface area contributed by atoms with Crippen LogP contribution >= 0.6 is 0 Å². The van der Waals surface area contributed by atoms with Crippen LogP contribution in [0.4, 0.5) is 0 Å². The van der Waals surface area contributed by atoms with Gasteiger partial charge in [-0.2, -0.15) is 0 Å². The van der Waals surface area contributed by atoms with E-state index in [1.54, 1.807) is 0 Å². The van der Waals surface area contributed by atoms with Crippen LogP contribution in [0.25, 0.3) is 0 Å². The van der Waals surface area contributed by atoms with Crippen LogP contribution in [0.2, 0.25) is 0 Å². The molecule has 80 valence electrons. The Hall–Kier alpha value is -0.860. The third-order valence-electron chi connectivity index (χ3n) is 2.44. The maximum atomic E-state index is 11.1. The highest BCUT2D eigenvalue weighted by Crippen LogP contribution is 2.26. The van der Waals surface area contributed by atoms with Crippen LogP contribution in [-0.2, 0) is 14.3 Å². The summed E-state index contributed by atoms with van der Waals surface area (Å²) in [4.78, 5) is 21.9. The first-order valence-electron chi connectivity index (χ1n) is 5.13. The number of rotatable bonds is 3. The lowest BCUT2D eigenvalue weighted by molar-refractivity contribution is -0.153. The quantitative estimate of drug-likeness (QED) is 0.516. The SMILES string of the molecule is CC(C)(C)CCCC1CC(=O)OC1=O. The van der Waals surface area contributed by atoms with E-state index in [-0.39, 0.29) is 24.3 Å². The van der Waals surface area contributed by atoms with E-state index in [9.17, 15) is 9.59 Å². The zero-order valence-electron chi connectivity index (χ0n) is 9.13. The van der Waals surface area contributed by atoms with Gasteiger partial charge in [0.15, 0.2) is 0 Å². The van der Waals surface area contributed by atoms with Gasteiger partial charge in [-0.15, -0.1) is 0 Å². The minimum Gasteiger partial charge on any atom is -0.393 e. The van der Waals surface area contributed by atoms with Crippen molar-refractivity contribution in [2.24, 2.45) is 11.3 Å². The van der Waals surface area contributed by atoms with Gasteiger partial charge in [-0.3, -0.25) is 9.59 Å². The van der Waals surface area contributed by atoms with Gasteiger partial charge in [-0.05, 0) is 18.3 Å². The fourth-order valence-electron chi connectivity index (χ4n) is 1.62. The monoisotopic (exact) mass is 198 g/mol. The highest BCUT2D eigenvalue weighted by atomic mass is 16.6. The second-order valence-electron chi connectivity index (χ2n) is 5.15. The molecule has 1 aliphatic rings. The topological polar surface area (TPSA) is 43.4 Å². The van der Waals surface area contributed by atoms with Gasteiger partial charge in [0.25, 0.3) is 0 Å². The van der Waals surface area contributed by atoms with Gasteiger partial charge in [-0.1, -0.05) is 27.2 Å². The minimum absolute atomic E-state index is 0.176. The van der Waals surface area contributed by atoms with Gasteiger partial charge in [-0.25, -0.2) is 0 Å². The molecule has 0 aliphatic carbocycles. The first kappa shape index (κ1) is 11.2. The van der Waals surface area contributed by atoms with Crippen molar-refractivity contribution in [2.45, 2.75) is 46.5 Å². The molecule has 3 nitrogen and oxygen atoms in total. The highest BCUT2D eigenvalue weighted by Gasteiger charge is 2.32. The summed E-state index contributed by atoms with van der Waals surface area (Å²) in [5.74, 6) is -0.871. The predicted octanol–water partition coefficient (Wildman–Crippen LogP) is 2.29. The van der Waals surface area contributed by atoms with E-state index in [0.717, 1.165) is 19.3 Å². The van der Waals surface area contributed by atoms with Gasteiger partial charge < -0.3 is 4.74 Å². The number of hydrogen-bond acceptors (Lipinski definition) is 3. The van der Waals surface area contributed by atoms with Crippen molar-refractivity contribution in [1.29, 1.82) is 0 Å². The van der Waals surface area contributed by atoms with E-state index in [1.807, 2.05) is 0 Å². The largest absolute Gasteiger partial charge is 0.393 e. The molecule has 0 saturated carbocycles. The molecule has 1 atom stereocenters. The summed E-state index contributed by atoms with van der Waals surface area (Å²) in [7, 11) is 0. The summed E-state index contributed by atoms with van der Waals surface area (Å²) in [5.41, 5.74) is 0.298. The van der Waals surface area contributed by atoms with E-state index in [4.69, 9.17) is 0 Å². The minimum atomic E-state index is -0.365. The molecule has 0 aromatic rings. The Balaban J connectivity index is 2.26. The summed E-state index contributed by atoms with van der Waals surface area (Å²) in [6, 6.07) is 0. The Morgan fingerprint density at radius 2 is 2.00 bits per heavy atom. The van der Waals surface area contributed by atoms with Crippen molar-refractivity contribution in [2.75, 3.05) is 0 Å². The highest BCUT2D eigenvalue weighted by molar-refractivity contribution is 5.94. The van der Waals surface area contributed by atoms with E-state index in [0.29, 0.717) is 5.41 Å².